The molecule has 0 radical (unpaired) electrons. The van der Waals surface area contributed by atoms with Crippen molar-refractivity contribution in [2.75, 3.05) is 13.3 Å². The quantitative estimate of drug-likeness (QED) is 0.809. The molecule has 2 heterocycles. The number of hydrogen-bond acceptors (Lipinski definition) is 5. The van der Waals surface area contributed by atoms with Crippen LogP contribution in [0.25, 0.3) is 0 Å². The number of nitriles is 1. The highest BCUT2D eigenvalue weighted by Gasteiger charge is 2.15. The molecular weight excluding hydrogens is 326 g/mol. The van der Waals surface area contributed by atoms with E-state index in [2.05, 4.69) is 11.4 Å². The molecule has 0 atom stereocenters. The first-order valence-electron chi connectivity index (χ1n) is 7.57. The van der Waals surface area contributed by atoms with Crippen LogP contribution >= 0.6 is 12.2 Å². The topological polar surface area (TPSA) is 70.7 Å². The monoisotopic (exact) mass is 343 g/mol. The van der Waals surface area contributed by atoms with E-state index in [1.54, 1.807) is 6.26 Å². The number of rotatable bonds is 6. The zero-order valence-corrected chi connectivity index (χ0v) is 13.8. The third-order valence-corrected chi connectivity index (χ3v) is 3.99. The zero-order valence-electron chi connectivity index (χ0n) is 13.0. The van der Waals surface area contributed by atoms with Crippen molar-refractivity contribution in [2.45, 2.75) is 19.5 Å². The Hall–Kier alpha value is -2.72. The van der Waals surface area contributed by atoms with Crippen LogP contribution in [0.5, 0.6) is 11.5 Å². The average Bonchev–Trinajstić information content (AvgIpc) is 3.27. The van der Waals surface area contributed by atoms with Gasteiger partial charge in [0.2, 0.25) is 6.79 Å². The Balaban J connectivity index is 1.59. The molecule has 0 amide bonds. The fraction of sp³-hybridized carbons (Fsp3) is 0.294. The lowest BCUT2D eigenvalue weighted by Gasteiger charge is -2.24. The second-order valence-corrected chi connectivity index (χ2v) is 5.64. The lowest BCUT2D eigenvalue weighted by Crippen LogP contribution is -2.39. The van der Waals surface area contributed by atoms with Crippen LogP contribution < -0.4 is 14.8 Å². The van der Waals surface area contributed by atoms with Crippen molar-refractivity contribution in [3.63, 3.8) is 0 Å². The predicted octanol–water partition coefficient (Wildman–Crippen LogP) is 2.80. The molecule has 7 heteroatoms. The van der Waals surface area contributed by atoms with Crippen LogP contribution in [-0.2, 0) is 13.1 Å². The summed E-state index contributed by atoms with van der Waals surface area (Å²) in [5.74, 6) is 2.31. The first-order chi connectivity index (χ1) is 11.8. The van der Waals surface area contributed by atoms with Crippen LogP contribution in [0.4, 0.5) is 0 Å². The Morgan fingerprint density at radius 3 is 2.96 bits per heavy atom. The number of ether oxygens (including phenoxy) is 2. The van der Waals surface area contributed by atoms with Gasteiger partial charge in [-0.25, -0.2) is 0 Å². The minimum atomic E-state index is 0.260. The maximum atomic E-state index is 8.83. The normalized spacial score (nSPS) is 11.8. The van der Waals surface area contributed by atoms with Crippen LogP contribution in [0.3, 0.4) is 0 Å². The van der Waals surface area contributed by atoms with Crippen molar-refractivity contribution in [2.24, 2.45) is 0 Å². The summed E-state index contributed by atoms with van der Waals surface area (Å²) in [5.41, 5.74) is 1.04. The van der Waals surface area contributed by atoms with E-state index in [4.69, 9.17) is 31.4 Å². The van der Waals surface area contributed by atoms with Crippen LogP contribution in [0.15, 0.2) is 41.0 Å². The van der Waals surface area contributed by atoms with Crippen molar-refractivity contribution in [3.05, 3.63) is 47.9 Å². The van der Waals surface area contributed by atoms with E-state index in [-0.39, 0.29) is 6.79 Å². The van der Waals surface area contributed by atoms with E-state index in [0.29, 0.717) is 31.2 Å². The van der Waals surface area contributed by atoms with Crippen molar-refractivity contribution in [1.82, 2.24) is 10.2 Å². The maximum Gasteiger partial charge on any atom is 0.231 e. The lowest BCUT2D eigenvalue weighted by molar-refractivity contribution is 0.174. The van der Waals surface area contributed by atoms with Crippen LogP contribution in [-0.4, -0.2) is 23.4 Å². The molecule has 1 N–H and O–H groups in total. The summed E-state index contributed by atoms with van der Waals surface area (Å²) in [7, 11) is 0. The van der Waals surface area contributed by atoms with E-state index >= 15 is 0 Å². The molecule has 24 heavy (non-hydrogen) atoms. The molecule has 1 aliphatic heterocycles. The molecule has 0 aliphatic carbocycles. The molecule has 1 aromatic carbocycles. The van der Waals surface area contributed by atoms with Gasteiger partial charge in [0, 0.05) is 13.1 Å². The third kappa shape index (κ3) is 3.97. The number of fused-ring (bicyclic) bond motifs is 1. The van der Waals surface area contributed by atoms with Crippen molar-refractivity contribution in [1.29, 1.82) is 5.26 Å². The van der Waals surface area contributed by atoms with Crippen molar-refractivity contribution < 1.29 is 13.9 Å². The molecule has 0 unspecified atom stereocenters. The Morgan fingerprint density at radius 2 is 2.17 bits per heavy atom. The molecule has 2 aromatic rings. The third-order valence-electron chi connectivity index (χ3n) is 3.59. The Bertz CT molecular complexity index is 740. The SMILES string of the molecule is N#CCCN(Cc1ccco1)C(=S)NCc1ccc2c(c1)OCO2. The first-order valence-corrected chi connectivity index (χ1v) is 7.98. The Kier molecular flexibility index (Phi) is 5.18. The minimum Gasteiger partial charge on any atom is -0.467 e. The summed E-state index contributed by atoms with van der Waals surface area (Å²) >= 11 is 5.47. The largest absolute Gasteiger partial charge is 0.467 e. The van der Waals surface area contributed by atoms with E-state index < -0.39 is 0 Å². The number of furan rings is 1. The molecule has 0 saturated carbocycles. The first kappa shape index (κ1) is 16.1. The Labute approximate surface area is 145 Å². The van der Waals surface area contributed by atoms with Gasteiger partial charge in [0.05, 0.1) is 25.3 Å². The highest BCUT2D eigenvalue weighted by atomic mass is 32.1. The molecule has 124 valence electrons. The molecule has 1 aromatic heterocycles. The van der Waals surface area contributed by atoms with Crippen LogP contribution in [0.2, 0.25) is 0 Å². The van der Waals surface area contributed by atoms with Gasteiger partial charge in [0.15, 0.2) is 16.6 Å². The summed E-state index contributed by atoms with van der Waals surface area (Å²) in [6.45, 7) is 1.90. The van der Waals surface area contributed by atoms with Gasteiger partial charge >= 0.3 is 0 Å². The number of thiocarbonyl (C=S) groups is 1. The van der Waals surface area contributed by atoms with Crippen molar-refractivity contribution in [3.8, 4) is 17.6 Å². The van der Waals surface area contributed by atoms with Gasteiger partial charge < -0.3 is 24.1 Å². The maximum absolute atomic E-state index is 8.83. The number of benzene rings is 1. The minimum absolute atomic E-state index is 0.260. The highest BCUT2D eigenvalue weighted by Crippen LogP contribution is 2.32. The average molecular weight is 343 g/mol. The standard InChI is InChI=1S/C17H17N3O3S/c18-6-2-7-20(11-14-3-1-8-21-14)17(24)19-10-13-4-5-15-16(9-13)23-12-22-15/h1,3-5,8-9H,2,7,10-12H2,(H,19,24). The summed E-state index contributed by atoms with van der Waals surface area (Å²) in [4.78, 5) is 1.92. The lowest BCUT2D eigenvalue weighted by atomic mass is 10.2. The summed E-state index contributed by atoms with van der Waals surface area (Å²) in [5, 5.41) is 12.6. The number of nitrogens with one attached hydrogen (secondary N) is 1. The summed E-state index contributed by atoms with van der Waals surface area (Å²) in [6, 6.07) is 11.7. The van der Waals surface area contributed by atoms with E-state index in [0.717, 1.165) is 22.8 Å². The van der Waals surface area contributed by atoms with E-state index in [1.165, 1.54) is 0 Å². The van der Waals surface area contributed by atoms with Gasteiger partial charge in [0.25, 0.3) is 0 Å². The summed E-state index contributed by atoms with van der Waals surface area (Å²) < 4.78 is 16.0. The molecule has 3 rings (SSSR count). The fourth-order valence-corrected chi connectivity index (χ4v) is 2.60. The second-order valence-electron chi connectivity index (χ2n) is 5.26. The van der Waals surface area contributed by atoms with Crippen LogP contribution in [0.1, 0.15) is 17.7 Å². The molecule has 1 aliphatic rings. The van der Waals surface area contributed by atoms with Crippen molar-refractivity contribution >= 4 is 17.3 Å². The highest BCUT2D eigenvalue weighted by molar-refractivity contribution is 7.80. The van der Waals surface area contributed by atoms with E-state index in [9.17, 15) is 0 Å². The van der Waals surface area contributed by atoms with Gasteiger partial charge in [-0.05, 0) is 42.0 Å². The fourth-order valence-electron chi connectivity index (χ4n) is 2.37. The smallest absolute Gasteiger partial charge is 0.231 e. The van der Waals surface area contributed by atoms with Gasteiger partial charge in [0.1, 0.15) is 5.76 Å². The van der Waals surface area contributed by atoms with Crippen LogP contribution in [0, 0.1) is 11.3 Å². The molecular formula is C17H17N3O3S. The van der Waals surface area contributed by atoms with Gasteiger partial charge in [-0.15, -0.1) is 0 Å². The van der Waals surface area contributed by atoms with E-state index in [1.807, 2.05) is 35.2 Å². The van der Waals surface area contributed by atoms with Gasteiger partial charge in [-0.2, -0.15) is 5.26 Å². The molecule has 0 bridgehead atoms. The van der Waals surface area contributed by atoms with Gasteiger partial charge in [-0.1, -0.05) is 6.07 Å². The number of hydrogen-bond donors (Lipinski definition) is 1. The molecule has 0 fully saturated rings. The Morgan fingerprint density at radius 1 is 1.29 bits per heavy atom. The number of nitrogens with zero attached hydrogens (tertiary/aromatic N) is 2. The van der Waals surface area contributed by atoms with Gasteiger partial charge in [-0.3, -0.25) is 0 Å². The predicted molar refractivity (Wildman–Crippen MR) is 91.4 cm³/mol. The summed E-state index contributed by atoms with van der Waals surface area (Å²) in [6.07, 6.45) is 2.02. The molecule has 0 saturated heterocycles. The molecule has 6 nitrogen and oxygen atoms in total. The second kappa shape index (κ2) is 7.70. The zero-order chi connectivity index (χ0) is 16.8. The molecule has 0 spiro atoms.